The molecule has 1 saturated heterocycles. The first-order chi connectivity index (χ1) is 16.7. The second kappa shape index (κ2) is 9.00. The minimum Gasteiger partial charge on any atom is -0.502 e. The summed E-state index contributed by atoms with van der Waals surface area (Å²) >= 11 is 1.06. The van der Waals surface area contributed by atoms with Crippen molar-refractivity contribution >= 4 is 17.2 Å². The molecule has 4 heterocycles. The molecule has 1 amide bonds. The summed E-state index contributed by atoms with van der Waals surface area (Å²) in [6.45, 7) is 2.97. The Kier molecular flexibility index (Phi) is 6.01. The predicted molar refractivity (Wildman–Crippen MR) is 124 cm³/mol. The molecule has 35 heavy (non-hydrogen) atoms. The van der Waals surface area contributed by atoms with E-state index in [0.29, 0.717) is 18.2 Å². The molecule has 0 aliphatic carbocycles. The number of carbonyl (C=O) groups is 1. The number of hydrogen-bond donors (Lipinski definition) is 1. The summed E-state index contributed by atoms with van der Waals surface area (Å²) in [5, 5.41) is 21.4. The zero-order valence-electron chi connectivity index (χ0n) is 19.1. The van der Waals surface area contributed by atoms with Crippen LogP contribution >= 0.6 is 11.3 Å². The average Bonchev–Trinajstić information content (AvgIpc) is 3.51. The molecule has 3 aromatic rings. The zero-order valence-corrected chi connectivity index (χ0v) is 19.9. The smallest absolute Gasteiger partial charge is 0.277 e. The van der Waals surface area contributed by atoms with Gasteiger partial charge in [0.1, 0.15) is 22.8 Å². The van der Waals surface area contributed by atoms with Gasteiger partial charge in [-0.1, -0.05) is 17.4 Å². The number of amides is 1. The van der Waals surface area contributed by atoms with Gasteiger partial charge >= 0.3 is 0 Å². The highest BCUT2D eigenvalue weighted by molar-refractivity contribution is 7.14. The molecule has 2 aromatic heterocycles. The Morgan fingerprint density at radius 1 is 1.26 bits per heavy atom. The molecule has 1 N–H and O–H groups in total. The Morgan fingerprint density at radius 3 is 2.77 bits per heavy atom. The molecule has 0 saturated carbocycles. The molecule has 9 nitrogen and oxygen atoms in total. The van der Waals surface area contributed by atoms with Crippen molar-refractivity contribution in [3.63, 3.8) is 0 Å². The Hall–Kier alpha value is -3.38. The molecular formula is C23H23F2N5O4S. The lowest BCUT2D eigenvalue weighted by molar-refractivity contribution is 0.0592. The van der Waals surface area contributed by atoms with Crippen molar-refractivity contribution < 1.29 is 23.4 Å². The monoisotopic (exact) mass is 503 g/mol. The lowest BCUT2D eigenvalue weighted by Crippen LogP contribution is -2.60. The number of hydrogen-bond acceptors (Lipinski definition) is 8. The van der Waals surface area contributed by atoms with Gasteiger partial charge < -0.3 is 14.7 Å². The van der Waals surface area contributed by atoms with E-state index >= 15 is 0 Å². The second-order valence-corrected chi connectivity index (χ2v) is 9.69. The third-order valence-electron chi connectivity index (χ3n) is 6.42. The molecule has 1 fully saturated rings. The molecular weight excluding hydrogens is 480 g/mol. The quantitative estimate of drug-likeness (QED) is 0.571. The van der Waals surface area contributed by atoms with E-state index in [1.54, 1.807) is 7.05 Å². The van der Waals surface area contributed by atoms with E-state index in [-0.39, 0.29) is 40.5 Å². The summed E-state index contributed by atoms with van der Waals surface area (Å²) < 4.78 is 34.5. The van der Waals surface area contributed by atoms with Crippen molar-refractivity contribution in [1.29, 1.82) is 0 Å². The van der Waals surface area contributed by atoms with Gasteiger partial charge in [-0.3, -0.25) is 19.3 Å². The highest BCUT2D eigenvalue weighted by atomic mass is 32.1. The number of nitrogens with zero attached hydrogens (tertiary/aromatic N) is 5. The van der Waals surface area contributed by atoms with Crippen LogP contribution in [0.25, 0.3) is 10.6 Å². The predicted octanol–water partition coefficient (Wildman–Crippen LogP) is 2.49. The number of aromatic hydroxyl groups is 1. The van der Waals surface area contributed by atoms with Crippen LogP contribution in [0.1, 0.15) is 40.8 Å². The maximum Gasteiger partial charge on any atom is 0.277 e. The molecule has 2 atom stereocenters. The summed E-state index contributed by atoms with van der Waals surface area (Å²) in [5.74, 6) is -2.53. The van der Waals surface area contributed by atoms with Gasteiger partial charge in [0, 0.05) is 32.3 Å². The maximum absolute atomic E-state index is 14.1. The van der Waals surface area contributed by atoms with Crippen molar-refractivity contribution in [1.82, 2.24) is 19.8 Å². The molecule has 12 heteroatoms. The molecule has 2 aliphatic rings. The van der Waals surface area contributed by atoms with Crippen molar-refractivity contribution in [2.45, 2.75) is 38.5 Å². The average molecular weight is 504 g/mol. The lowest BCUT2D eigenvalue weighted by atomic mass is 10.1. The number of halogens is 2. The molecule has 0 bridgehead atoms. The summed E-state index contributed by atoms with van der Waals surface area (Å²) in [4.78, 5) is 27.5. The molecule has 0 spiro atoms. The van der Waals surface area contributed by atoms with Crippen LogP contribution in [0.2, 0.25) is 0 Å². The second-order valence-electron chi connectivity index (χ2n) is 8.63. The minimum atomic E-state index is -0.750. The fourth-order valence-corrected chi connectivity index (χ4v) is 5.23. The number of fused-ring (bicyclic) bond motifs is 1. The van der Waals surface area contributed by atoms with Crippen LogP contribution in [0.5, 0.6) is 5.75 Å². The van der Waals surface area contributed by atoms with Gasteiger partial charge in [-0.2, -0.15) is 0 Å². The van der Waals surface area contributed by atoms with Crippen molar-refractivity contribution in [3.05, 3.63) is 62.5 Å². The first-order valence-electron chi connectivity index (χ1n) is 11.2. The Labute approximate surface area is 203 Å². The van der Waals surface area contributed by atoms with Gasteiger partial charge in [-0.25, -0.2) is 8.78 Å². The van der Waals surface area contributed by atoms with E-state index in [9.17, 15) is 23.5 Å². The third kappa shape index (κ3) is 4.16. The number of aromatic nitrogens is 3. The number of rotatable bonds is 5. The van der Waals surface area contributed by atoms with Crippen LogP contribution in [0.15, 0.2) is 29.2 Å². The van der Waals surface area contributed by atoms with Gasteiger partial charge in [0.05, 0.1) is 18.2 Å². The fourth-order valence-electron chi connectivity index (χ4n) is 4.36. The van der Waals surface area contributed by atoms with Gasteiger partial charge in [0.15, 0.2) is 16.5 Å². The summed E-state index contributed by atoms with van der Waals surface area (Å²) in [6, 6.07) is 3.28. The fraction of sp³-hybridized carbons (Fsp3) is 0.391. The van der Waals surface area contributed by atoms with Crippen LogP contribution in [0, 0.1) is 11.6 Å². The van der Waals surface area contributed by atoms with Crippen LogP contribution < -0.4 is 10.4 Å². The van der Waals surface area contributed by atoms with Crippen molar-refractivity contribution in [3.8, 4) is 16.3 Å². The number of benzene rings is 1. The van der Waals surface area contributed by atoms with Crippen LogP contribution in [0.3, 0.4) is 0 Å². The Bertz CT molecular complexity index is 1350. The van der Waals surface area contributed by atoms with Gasteiger partial charge in [0.2, 0.25) is 5.43 Å². The minimum absolute atomic E-state index is 0.0457. The summed E-state index contributed by atoms with van der Waals surface area (Å²) in [6.07, 6.45) is 2.95. The molecule has 0 radical (unpaired) electrons. The number of ether oxygens (including phenoxy) is 1. The maximum atomic E-state index is 14.1. The van der Waals surface area contributed by atoms with E-state index in [1.807, 2.05) is 11.9 Å². The largest absolute Gasteiger partial charge is 0.502 e. The molecule has 2 aliphatic heterocycles. The topological polar surface area (TPSA) is 101 Å². The van der Waals surface area contributed by atoms with Gasteiger partial charge in [-0.15, -0.1) is 10.2 Å². The third-order valence-corrected chi connectivity index (χ3v) is 7.38. The Morgan fingerprint density at radius 2 is 2.06 bits per heavy atom. The molecule has 0 unspecified atom stereocenters. The van der Waals surface area contributed by atoms with E-state index in [0.717, 1.165) is 36.3 Å². The highest BCUT2D eigenvalue weighted by Crippen LogP contribution is 2.30. The van der Waals surface area contributed by atoms with Gasteiger partial charge in [0.25, 0.3) is 5.91 Å². The van der Waals surface area contributed by atoms with Crippen LogP contribution in [-0.2, 0) is 11.2 Å². The molecule has 1 aromatic carbocycles. The number of pyridine rings is 1. The van der Waals surface area contributed by atoms with E-state index in [2.05, 4.69) is 10.2 Å². The highest BCUT2D eigenvalue weighted by Gasteiger charge is 2.38. The normalized spacial score (nSPS) is 19.9. The zero-order chi connectivity index (χ0) is 24.9. The Balaban J connectivity index is 1.54. The molecule has 5 rings (SSSR count). The lowest BCUT2D eigenvalue weighted by Gasteiger charge is -2.44. The van der Waals surface area contributed by atoms with Crippen LogP contribution in [0.4, 0.5) is 8.78 Å². The number of carbonyl (C=O) groups excluding carboxylic acids is 1. The first-order valence-corrected chi connectivity index (χ1v) is 12.0. The van der Waals surface area contributed by atoms with E-state index in [4.69, 9.17) is 4.74 Å². The van der Waals surface area contributed by atoms with E-state index in [1.165, 1.54) is 21.8 Å². The van der Waals surface area contributed by atoms with Gasteiger partial charge in [-0.05, 0) is 31.4 Å². The SMILES string of the molecule is C[C@H]1N(C)C(=O)c2c(O)c(=O)c(-c3nnc(Cc4ccc(F)cc4F)s3)cn2N1C[C@@H]1CCCO1. The van der Waals surface area contributed by atoms with Crippen molar-refractivity contribution in [2.75, 3.05) is 25.2 Å². The first kappa shape index (κ1) is 23.4. The summed E-state index contributed by atoms with van der Waals surface area (Å²) in [5.41, 5.74) is -0.573. The summed E-state index contributed by atoms with van der Waals surface area (Å²) in [7, 11) is 1.61. The van der Waals surface area contributed by atoms with E-state index < -0.39 is 28.7 Å². The standard InChI is InChI=1S/C23H23F2N5O4S/c1-12-28(2)23(33)19-21(32)20(31)16(11-30(19)29(12)10-15-4-3-7-34-15)22-27-26-18(35-22)8-13-5-6-14(24)9-17(13)25/h5-6,9,11-12,15,32H,3-4,7-8,10H2,1-2H3/t12-,15-/m0/s1. The van der Waals surface area contributed by atoms with Crippen LogP contribution in [-0.4, -0.2) is 63.3 Å². The van der Waals surface area contributed by atoms with Crippen molar-refractivity contribution in [2.24, 2.45) is 0 Å². The molecule has 184 valence electrons.